The fourth-order valence-electron chi connectivity index (χ4n) is 2.49. The minimum Gasteiger partial charge on any atom is -0.339 e. The second-order valence-electron chi connectivity index (χ2n) is 5.21. The van der Waals surface area contributed by atoms with Gasteiger partial charge in [0.1, 0.15) is 0 Å². The Morgan fingerprint density at radius 3 is 2.53 bits per heavy atom. The number of benzene rings is 2. The molecule has 19 heavy (non-hydrogen) atoms. The number of carbonyl (C=O) groups excluding carboxylic acids is 1. The lowest BCUT2D eigenvalue weighted by Gasteiger charge is -2.34. The number of halogens is 1. The van der Waals surface area contributed by atoms with Crippen LogP contribution in [0.3, 0.4) is 0 Å². The molecule has 1 fully saturated rings. The van der Waals surface area contributed by atoms with Crippen molar-refractivity contribution >= 4 is 32.6 Å². The molecule has 2 aromatic carbocycles. The SMILES string of the molecule is CN(C(=O)c1ccc2cc(Br)ccc2c1)C1CCC1. The largest absolute Gasteiger partial charge is 0.339 e. The van der Waals surface area contributed by atoms with E-state index in [1.165, 1.54) is 6.42 Å². The third kappa shape index (κ3) is 2.39. The molecule has 1 aliphatic rings. The average molecular weight is 318 g/mol. The maximum Gasteiger partial charge on any atom is 0.253 e. The van der Waals surface area contributed by atoms with E-state index < -0.39 is 0 Å². The van der Waals surface area contributed by atoms with Gasteiger partial charge >= 0.3 is 0 Å². The summed E-state index contributed by atoms with van der Waals surface area (Å²) in [6.45, 7) is 0. The second-order valence-corrected chi connectivity index (χ2v) is 6.12. The molecule has 0 heterocycles. The zero-order chi connectivity index (χ0) is 13.4. The van der Waals surface area contributed by atoms with Crippen LogP contribution in [-0.4, -0.2) is 23.9 Å². The van der Waals surface area contributed by atoms with Crippen molar-refractivity contribution in [2.24, 2.45) is 0 Å². The normalized spacial score (nSPS) is 15.3. The molecule has 1 amide bonds. The van der Waals surface area contributed by atoms with Crippen molar-refractivity contribution in [3.63, 3.8) is 0 Å². The van der Waals surface area contributed by atoms with Crippen LogP contribution in [0.15, 0.2) is 40.9 Å². The predicted octanol–water partition coefficient (Wildman–Crippen LogP) is 4.23. The lowest BCUT2D eigenvalue weighted by molar-refractivity contribution is 0.0652. The highest BCUT2D eigenvalue weighted by molar-refractivity contribution is 9.10. The Labute approximate surface area is 121 Å². The van der Waals surface area contributed by atoms with E-state index in [0.29, 0.717) is 6.04 Å². The summed E-state index contributed by atoms with van der Waals surface area (Å²) < 4.78 is 1.06. The van der Waals surface area contributed by atoms with Crippen molar-refractivity contribution in [1.82, 2.24) is 4.90 Å². The number of rotatable bonds is 2. The molecule has 1 saturated carbocycles. The smallest absolute Gasteiger partial charge is 0.253 e. The van der Waals surface area contributed by atoms with Gasteiger partial charge in [-0.05, 0) is 54.3 Å². The van der Waals surface area contributed by atoms with E-state index in [-0.39, 0.29) is 5.91 Å². The highest BCUT2D eigenvalue weighted by Gasteiger charge is 2.26. The van der Waals surface area contributed by atoms with Gasteiger partial charge in [0.2, 0.25) is 0 Å². The van der Waals surface area contributed by atoms with E-state index in [4.69, 9.17) is 0 Å². The molecule has 0 radical (unpaired) electrons. The van der Waals surface area contributed by atoms with Crippen LogP contribution in [0.1, 0.15) is 29.6 Å². The van der Waals surface area contributed by atoms with Crippen LogP contribution in [0, 0.1) is 0 Å². The van der Waals surface area contributed by atoms with Gasteiger partial charge in [-0.15, -0.1) is 0 Å². The van der Waals surface area contributed by atoms with Crippen molar-refractivity contribution in [2.45, 2.75) is 25.3 Å². The van der Waals surface area contributed by atoms with Crippen LogP contribution in [0.4, 0.5) is 0 Å². The van der Waals surface area contributed by atoms with E-state index in [1.807, 2.05) is 42.3 Å². The first kappa shape index (κ1) is 12.7. The molecule has 98 valence electrons. The van der Waals surface area contributed by atoms with Gasteiger partial charge in [-0.2, -0.15) is 0 Å². The van der Waals surface area contributed by atoms with Gasteiger partial charge in [0, 0.05) is 23.1 Å². The summed E-state index contributed by atoms with van der Waals surface area (Å²) in [6.07, 6.45) is 3.53. The minimum absolute atomic E-state index is 0.134. The number of carbonyl (C=O) groups is 1. The van der Waals surface area contributed by atoms with Crippen molar-refractivity contribution in [3.8, 4) is 0 Å². The first-order chi connectivity index (χ1) is 9.15. The van der Waals surface area contributed by atoms with Crippen LogP contribution < -0.4 is 0 Å². The number of hydrogen-bond donors (Lipinski definition) is 0. The van der Waals surface area contributed by atoms with Crippen LogP contribution in [0.5, 0.6) is 0 Å². The lowest BCUT2D eigenvalue weighted by Crippen LogP contribution is -2.41. The predicted molar refractivity (Wildman–Crippen MR) is 81.4 cm³/mol. The highest BCUT2D eigenvalue weighted by Crippen LogP contribution is 2.26. The maximum atomic E-state index is 12.4. The highest BCUT2D eigenvalue weighted by atomic mass is 79.9. The topological polar surface area (TPSA) is 20.3 Å². The van der Waals surface area contributed by atoms with Crippen molar-refractivity contribution < 1.29 is 4.79 Å². The van der Waals surface area contributed by atoms with E-state index in [9.17, 15) is 4.79 Å². The number of fused-ring (bicyclic) bond motifs is 1. The molecule has 0 saturated heterocycles. The standard InChI is InChI=1S/C16H16BrNO/c1-18(15-3-2-4-15)16(19)13-6-5-12-10-14(17)8-7-11(12)9-13/h5-10,15H,2-4H2,1H3. The summed E-state index contributed by atoms with van der Waals surface area (Å²) >= 11 is 3.46. The Balaban J connectivity index is 1.92. The van der Waals surface area contributed by atoms with Crippen molar-refractivity contribution in [2.75, 3.05) is 7.05 Å². The fraction of sp³-hybridized carbons (Fsp3) is 0.312. The summed E-state index contributed by atoms with van der Waals surface area (Å²) in [7, 11) is 1.91. The Morgan fingerprint density at radius 1 is 1.16 bits per heavy atom. The van der Waals surface area contributed by atoms with Crippen LogP contribution in [0.25, 0.3) is 10.8 Å². The summed E-state index contributed by atoms with van der Waals surface area (Å²) in [5, 5.41) is 2.26. The Bertz CT molecular complexity index is 634. The van der Waals surface area contributed by atoms with Gasteiger partial charge in [-0.3, -0.25) is 4.79 Å². The van der Waals surface area contributed by atoms with Crippen LogP contribution in [0.2, 0.25) is 0 Å². The monoisotopic (exact) mass is 317 g/mol. The molecule has 0 spiro atoms. The molecule has 1 aliphatic carbocycles. The Hall–Kier alpha value is -1.35. The molecule has 3 rings (SSSR count). The third-order valence-corrected chi connectivity index (χ3v) is 4.49. The Morgan fingerprint density at radius 2 is 1.84 bits per heavy atom. The fourth-order valence-corrected chi connectivity index (χ4v) is 2.87. The van der Waals surface area contributed by atoms with Gasteiger partial charge in [0.15, 0.2) is 0 Å². The van der Waals surface area contributed by atoms with E-state index >= 15 is 0 Å². The minimum atomic E-state index is 0.134. The number of hydrogen-bond acceptors (Lipinski definition) is 1. The summed E-state index contributed by atoms with van der Waals surface area (Å²) in [5.74, 6) is 0.134. The van der Waals surface area contributed by atoms with Gasteiger partial charge < -0.3 is 4.90 Å². The van der Waals surface area contributed by atoms with Gasteiger partial charge in [0.05, 0.1) is 0 Å². The molecule has 2 nitrogen and oxygen atoms in total. The number of nitrogens with zero attached hydrogens (tertiary/aromatic N) is 1. The zero-order valence-electron chi connectivity index (χ0n) is 10.9. The summed E-state index contributed by atoms with van der Waals surface area (Å²) in [5.41, 5.74) is 0.782. The van der Waals surface area contributed by atoms with Gasteiger partial charge in [0.25, 0.3) is 5.91 Å². The maximum absolute atomic E-state index is 12.4. The molecule has 0 unspecified atom stereocenters. The summed E-state index contributed by atoms with van der Waals surface area (Å²) in [4.78, 5) is 14.3. The second kappa shape index (κ2) is 4.97. The quantitative estimate of drug-likeness (QED) is 0.811. The first-order valence-corrected chi connectivity index (χ1v) is 7.41. The third-order valence-electron chi connectivity index (χ3n) is 3.99. The molecular formula is C16H16BrNO. The summed E-state index contributed by atoms with van der Waals surface area (Å²) in [6, 6.07) is 12.5. The lowest BCUT2D eigenvalue weighted by atomic mass is 9.91. The zero-order valence-corrected chi connectivity index (χ0v) is 12.5. The van der Waals surface area contributed by atoms with Gasteiger partial charge in [-0.25, -0.2) is 0 Å². The van der Waals surface area contributed by atoms with E-state index in [1.54, 1.807) is 0 Å². The van der Waals surface area contributed by atoms with E-state index in [0.717, 1.165) is 33.7 Å². The molecule has 0 bridgehead atoms. The molecule has 0 atom stereocenters. The van der Waals surface area contributed by atoms with Gasteiger partial charge in [-0.1, -0.05) is 28.1 Å². The average Bonchev–Trinajstić information content (AvgIpc) is 2.35. The van der Waals surface area contributed by atoms with Crippen molar-refractivity contribution in [3.05, 3.63) is 46.4 Å². The molecular weight excluding hydrogens is 302 g/mol. The molecule has 2 aromatic rings. The molecule has 0 aromatic heterocycles. The van der Waals surface area contributed by atoms with Crippen LogP contribution >= 0.6 is 15.9 Å². The van der Waals surface area contributed by atoms with Crippen molar-refractivity contribution in [1.29, 1.82) is 0 Å². The Kier molecular flexibility index (Phi) is 3.31. The molecule has 0 aliphatic heterocycles. The number of amides is 1. The first-order valence-electron chi connectivity index (χ1n) is 6.61. The molecule has 3 heteroatoms. The van der Waals surface area contributed by atoms with Crippen LogP contribution in [-0.2, 0) is 0 Å². The van der Waals surface area contributed by atoms with E-state index in [2.05, 4.69) is 22.0 Å². The molecule has 0 N–H and O–H groups in total.